The first-order valence-corrected chi connectivity index (χ1v) is 19.4. The number of rotatable bonds is 13. The minimum absolute atomic E-state index is 0.0332. The normalized spacial score (nSPS) is 16.4. The van der Waals surface area contributed by atoms with Crippen molar-refractivity contribution in [3.05, 3.63) is 129 Å². The summed E-state index contributed by atoms with van der Waals surface area (Å²) in [4.78, 5) is 60.1. The lowest BCUT2D eigenvalue weighted by atomic mass is 10.1. The fourth-order valence-corrected chi connectivity index (χ4v) is 6.89. The summed E-state index contributed by atoms with van der Waals surface area (Å²) in [6.07, 6.45) is -15.4. The number of esters is 2. The second-order valence-electron chi connectivity index (χ2n) is 13.9. The third kappa shape index (κ3) is 11.0. The second-order valence-corrected chi connectivity index (χ2v) is 14.8. The molecule has 0 spiro atoms. The Hall–Kier alpha value is -5.48. The van der Waals surface area contributed by atoms with Gasteiger partial charge >= 0.3 is 24.3 Å². The molecule has 0 saturated carbocycles. The molecular formula is C42H36Cl2F6N2O8. The Morgan fingerprint density at radius 2 is 0.850 bits per heavy atom. The first-order chi connectivity index (χ1) is 28.5. The van der Waals surface area contributed by atoms with E-state index in [4.69, 9.17) is 42.1 Å². The van der Waals surface area contributed by atoms with Gasteiger partial charge in [0.2, 0.25) is 24.4 Å². The number of carbonyl (C=O) groups is 4. The Bertz CT molecular complexity index is 2010. The van der Waals surface area contributed by atoms with Crippen molar-refractivity contribution in [3.8, 4) is 11.5 Å². The Labute approximate surface area is 349 Å². The van der Waals surface area contributed by atoms with Gasteiger partial charge in [0, 0.05) is 47.4 Å². The van der Waals surface area contributed by atoms with Crippen LogP contribution < -0.4 is 9.47 Å². The van der Waals surface area contributed by atoms with Crippen molar-refractivity contribution < 1.29 is 64.5 Å². The molecule has 1 unspecified atom stereocenters. The van der Waals surface area contributed by atoms with Gasteiger partial charge in [0.1, 0.15) is 11.5 Å². The third-order valence-electron chi connectivity index (χ3n) is 9.69. The topological polar surface area (TPSA) is 112 Å². The molecule has 60 heavy (non-hydrogen) atoms. The van der Waals surface area contributed by atoms with Gasteiger partial charge in [0.25, 0.3) is 11.8 Å². The van der Waals surface area contributed by atoms with Crippen LogP contribution in [0.2, 0.25) is 10.0 Å². The number of ether oxygens (including phenoxy) is 4. The van der Waals surface area contributed by atoms with Crippen LogP contribution >= 0.6 is 23.2 Å². The summed E-state index contributed by atoms with van der Waals surface area (Å²) < 4.78 is 105. The monoisotopic (exact) mass is 880 g/mol. The first-order valence-electron chi connectivity index (χ1n) is 18.7. The van der Waals surface area contributed by atoms with Crippen LogP contribution in [-0.2, 0) is 41.0 Å². The van der Waals surface area contributed by atoms with Gasteiger partial charge in [-0.15, -0.1) is 0 Å². The SMILES string of the molecule is O=C(O[C@H](C(=O)N1CCCC1)[C@H](OC(=O)[C@H](Oc1cccc(C(F)(F)F)c1)c1ccc(Cl)cc1)C(=O)N1CCCC1)C(Oc1cccc(C(F)(F)F)c1)c1ccc(Cl)cc1. The van der Waals surface area contributed by atoms with Gasteiger partial charge in [-0.2, -0.15) is 26.3 Å². The number of amides is 2. The predicted octanol–water partition coefficient (Wildman–Crippen LogP) is 9.04. The number of carbonyl (C=O) groups excluding carboxylic acids is 4. The molecule has 0 N–H and O–H groups in total. The molecule has 10 nitrogen and oxygen atoms in total. The smallest absolute Gasteiger partial charge is 0.416 e. The lowest BCUT2D eigenvalue weighted by Crippen LogP contribution is -2.55. The number of nitrogens with zero attached hydrogens (tertiary/aromatic N) is 2. The largest absolute Gasteiger partial charge is 0.474 e. The summed E-state index contributed by atoms with van der Waals surface area (Å²) in [7, 11) is 0. The van der Waals surface area contributed by atoms with Crippen molar-refractivity contribution in [1.82, 2.24) is 9.80 Å². The highest BCUT2D eigenvalue weighted by molar-refractivity contribution is 6.30. The molecule has 18 heteroatoms. The average Bonchev–Trinajstić information content (AvgIpc) is 3.97. The predicted molar refractivity (Wildman–Crippen MR) is 204 cm³/mol. The van der Waals surface area contributed by atoms with E-state index in [2.05, 4.69) is 0 Å². The van der Waals surface area contributed by atoms with Crippen LogP contribution in [0.5, 0.6) is 11.5 Å². The minimum Gasteiger partial charge on any atom is -0.474 e. The summed E-state index contributed by atoms with van der Waals surface area (Å²) in [6.45, 7) is 0.718. The highest BCUT2D eigenvalue weighted by Gasteiger charge is 2.47. The van der Waals surface area contributed by atoms with Crippen LogP contribution in [0, 0.1) is 0 Å². The molecule has 0 bridgehead atoms. The molecule has 6 rings (SSSR count). The van der Waals surface area contributed by atoms with Crippen LogP contribution in [-0.4, -0.2) is 71.9 Å². The van der Waals surface area contributed by atoms with Gasteiger partial charge in [0.15, 0.2) is 0 Å². The zero-order chi connectivity index (χ0) is 43.2. The standard InChI is InChI=1S/C42H36Cl2F6N2O8/c43-29-15-11-25(12-16-29)33(57-31-9-5-7-27(23-31)41(45,46)47)39(55)59-35(37(53)51-19-1-2-20-51)36(38(54)52-21-3-4-22-52)60-40(56)34(26-13-17-30(44)18-14-26)58-32-10-6-8-28(24-32)42(48,49)50/h5-18,23-24,33-36H,1-4,19-22H2/t33-,34?,35+,36+/m1/s1. The zero-order valence-electron chi connectivity index (χ0n) is 31.4. The Balaban J connectivity index is 1.40. The fraction of sp³-hybridized carbons (Fsp3) is 0.333. The lowest BCUT2D eigenvalue weighted by Gasteiger charge is -2.32. The Morgan fingerprint density at radius 3 is 1.17 bits per heavy atom. The van der Waals surface area contributed by atoms with Crippen molar-refractivity contribution in [2.24, 2.45) is 0 Å². The van der Waals surface area contributed by atoms with Crippen LogP contribution in [0.15, 0.2) is 97.1 Å². The number of likely N-dealkylation sites (tertiary alicyclic amines) is 2. The van der Waals surface area contributed by atoms with E-state index in [1.807, 2.05) is 0 Å². The van der Waals surface area contributed by atoms with Crippen molar-refractivity contribution in [2.45, 2.75) is 62.5 Å². The van der Waals surface area contributed by atoms with Crippen LogP contribution in [0.25, 0.3) is 0 Å². The van der Waals surface area contributed by atoms with E-state index in [0.29, 0.717) is 37.8 Å². The molecule has 2 aliphatic heterocycles. The molecule has 2 heterocycles. The molecule has 4 aromatic rings. The number of hydrogen-bond acceptors (Lipinski definition) is 8. The van der Waals surface area contributed by atoms with E-state index in [-0.39, 0.29) is 47.4 Å². The maximum absolute atomic E-state index is 14.4. The van der Waals surface area contributed by atoms with Crippen molar-refractivity contribution in [2.75, 3.05) is 26.2 Å². The molecule has 2 fully saturated rings. The fourth-order valence-electron chi connectivity index (χ4n) is 6.64. The molecule has 318 valence electrons. The quantitative estimate of drug-likeness (QED) is 0.0967. The van der Waals surface area contributed by atoms with E-state index in [0.717, 1.165) is 24.3 Å². The highest BCUT2D eigenvalue weighted by Crippen LogP contribution is 2.36. The molecule has 0 radical (unpaired) electrons. The molecule has 0 aromatic heterocycles. The highest BCUT2D eigenvalue weighted by atomic mass is 35.5. The van der Waals surface area contributed by atoms with Crippen molar-refractivity contribution >= 4 is 47.0 Å². The number of alkyl halides is 6. The van der Waals surface area contributed by atoms with Gasteiger partial charge in [-0.1, -0.05) is 59.6 Å². The van der Waals surface area contributed by atoms with Crippen LogP contribution in [0.3, 0.4) is 0 Å². The summed E-state index contributed by atoms with van der Waals surface area (Å²) in [6, 6.07) is 18.2. The van der Waals surface area contributed by atoms with Gasteiger partial charge in [-0.3, -0.25) is 9.59 Å². The summed E-state index contributed by atoms with van der Waals surface area (Å²) in [5.41, 5.74) is -2.11. The van der Waals surface area contributed by atoms with E-state index < -0.39 is 83.1 Å². The lowest BCUT2D eigenvalue weighted by molar-refractivity contribution is -0.188. The molecule has 2 aliphatic rings. The van der Waals surface area contributed by atoms with Gasteiger partial charge in [-0.05, 0) is 86.3 Å². The second kappa shape index (κ2) is 18.8. The van der Waals surface area contributed by atoms with Gasteiger partial charge in [-0.25, -0.2) is 9.59 Å². The summed E-state index contributed by atoms with van der Waals surface area (Å²) >= 11 is 12.2. The number of benzene rings is 4. The molecule has 4 atom stereocenters. The number of hydrogen-bond donors (Lipinski definition) is 0. The van der Waals surface area contributed by atoms with E-state index in [1.54, 1.807) is 0 Å². The molecular weight excluding hydrogens is 845 g/mol. The zero-order valence-corrected chi connectivity index (χ0v) is 32.9. The van der Waals surface area contributed by atoms with E-state index in [1.165, 1.54) is 70.5 Å². The average molecular weight is 882 g/mol. The summed E-state index contributed by atoms with van der Waals surface area (Å²) in [5.74, 6) is -5.37. The molecule has 2 amide bonds. The Kier molecular flexibility index (Phi) is 13.8. The Morgan fingerprint density at radius 1 is 0.517 bits per heavy atom. The first kappa shape index (κ1) is 44.1. The van der Waals surface area contributed by atoms with E-state index >= 15 is 0 Å². The number of halogens is 8. The van der Waals surface area contributed by atoms with Gasteiger partial charge < -0.3 is 28.7 Å². The minimum atomic E-state index is -4.77. The van der Waals surface area contributed by atoms with Crippen molar-refractivity contribution in [3.63, 3.8) is 0 Å². The van der Waals surface area contributed by atoms with Crippen LogP contribution in [0.4, 0.5) is 26.3 Å². The van der Waals surface area contributed by atoms with E-state index in [9.17, 15) is 45.5 Å². The van der Waals surface area contributed by atoms with Crippen molar-refractivity contribution in [1.29, 1.82) is 0 Å². The van der Waals surface area contributed by atoms with Crippen LogP contribution in [0.1, 0.15) is 60.1 Å². The molecule has 4 aromatic carbocycles. The molecule has 2 saturated heterocycles. The van der Waals surface area contributed by atoms with Gasteiger partial charge in [0.05, 0.1) is 11.1 Å². The third-order valence-corrected chi connectivity index (χ3v) is 10.2. The maximum atomic E-state index is 14.4. The molecule has 0 aliphatic carbocycles. The summed E-state index contributed by atoms with van der Waals surface area (Å²) in [5, 5.41) is 0.468. The maximum Gasteiger partial charge on any atom is 0.416 e.